The molecule has 0 rings (SSSR count). The van der Waals surface area contributed by atoms with Gasteiger partial charge in [0.1, 0.15) is 6.10 Å². The van der Waals surface area contributed by atoms with E-state index in [4.69, 9.17) is 10.2 Å². The first-order valence-electron chi connectivity index (χ1n) is 2.70. The first-order valence-corrected chi connectivity index (χ1v) is 2.70. The maximum Gasteiger partial charge on any atom is 0.332 e. The average Bonchev–Trinajstić information content (AvgIpc) is 1.89. The number of carbonyl (C=O) groups is 1. The number of hydrogen-bond acceptors (Lipinski definition) is 2. The van der Waals surface area contributed by atoms with Crippen LogP contribution in [0.1, 0.15) is 6.92 Å². The minimum atomic E-state index is -1.23. The topological polar surface area (TPSA) is 57.5 Å². The van der Waals surface area contributed by atoms with E-state index < -0.39 is 12.1 Å². The Bertz CT molecular complexity index is 110. The molecule has 0 aliphatic rings. The van der Waals surface area contributed by atoms with Gasteiger partial charge in [-0.15, -0.1) is 0 Å². The highest BCUT2D eigenvalue weighted by atomic mass is 16.4. The van der Waals surface area contributed by atoms with Crippen LogP contribution in [0, 0.1) is 0 Å². The molecule has 0 fully saturated rings. The highest BCUT2D eigenvalue weighted by Gasteiger charge is 2.01. The van der Waals surface area contributed by atoms with Gasteiger partial charge in [0.05, 0.1) is 0 Å². The van der Waals surface area contributed by atoms with Crippen LogP contribution in [0.4, 0.5) is 0 Å². The molecule has 0 saturated heterocycles. The van der Waals surface area contributed by atoms with Crippen LogP contribution in [-0.4, -0.2) is 22.3 Å². The van der Waals surface area contributed by atoms with E-state index in [2.05, 4.69) is 13.2 Å². The van der Waals surface area contributed by atoms with Gasteiger partial charge in [-0.25, -0.2) is 4.79 Å². The molecule has 1 unspecified atom stereocenters. The van der Waals surface area contributed by atoms with Gasteiger partial charge in [0.25, 0.3) is 0 Å². The van der Waals surface area contributed by atoms with Crippen molar-refractivity contribution in [3.05, 3.63) is 25.3 Å². The predicted molar refractivity (Wildman–Crippen MR) is 39.7 cm³/mol. The van der Waals surface area contributed by atoms with Crippen LogP contribution >= 0.6 is 0 Å². The highest BCUT2D eigenvalue weighted by molar-refractivity contribution is 5.71. The van der Waals surface area contributed by atoms with E-state index in [0.29, 0.717) is 0 Å². The fraction of sp³-hybridized carbons (Fsp3) is 0.286. The average molecular weight is 144 g/mol. The summed E-state index contributed by atoms with van der Waals surface area (Å²) >= 11 is 0. The van der Waals surface area contributed by atoms with Gasteiger partial charge in [0.15, 0.2) is 0 Å². The van der Waals surface area contributed by atoms with Crippen LogP contribution in [-0.2, 0) is 4.79 Å². The summed E-state index contributed by atoms with van der Waals surface area (Å²) in [4.78, 5) is 9.45. The molecule has 0 aromatic carbocycles. The van der Waals surface area contributed by atoms with Crippen LogP contribution in [0.2, 0.25) is 0 Å². The summed E-state index contributed by atoms with van der Waals surface area (Å²) in [5, 5.41) is 15.8. The standard InChI is InChI=1S/C4H6.C3H6O3/c1-3-4-2;1-2(4)3(5)6/h3-4H,1-2H2;2,4H,1H3,(H,5,6). The van der Waals surface area contributed by atoms with Crippen molar-refractivity contribution < 1.29 is 15.0 Å². The van der Waals surface area contributed by atoms with Crippen molar-refractivity contribution in [2.45, 2.75) is 13.0 Å². The lowest BCUT2D eigenvalue weighted by Crippen LogP contribution is -2.13. The van der Waals surface area contributed by atoms with Gasteiger partial charge in [0, 0.05) is 0 Å². The van der Waals surface area contributed by atoms with Gasteiger partial charge in [0.2, 0.25) is 0 Å². The zero-order valence-electron chi connectivity index (χ0n) is 5.95. The zero-order valence-corrected chi connectivity index (χ0v) is 5.95. The number of rotatable bonds is 2. The van der Waals surface area contributed by atoms with Crippen molar-refractivity contribution in [1.82, 2.24) is 0 Å². The van der Waals surface area contributed by atoms with E-state index in [1.807, 2.05) is 0 Å². The van der Waals surface area contributed by atoms with Gasteiger partial charge in [-0.2, -0.15) is 0 Å². The number of aliphatic carboxylic acids is 1. The largest absolute Gasteiger partial charge is 0.479 e. The normalized spacial score (nSPS) is 10.2. The fourth-order valence-corrected chi connectivity index (χ4v) is 0. The monoisotopic (exact) mass is 144 g/mol. The van der Waals surface area contributed by atoms with Gasteiger partial charge in [-0.3, -0.25) is 0 Å². The molecule has 0 heterocycles. The van der Waals surface area contributed by atoms with Crippen LogP contribution < -0.4 is 0 Å². The maximum absolute atomic E-state index is 9.45. The number of carboxylic acids is 1. The molecule has 3 nitrogen and oxygen atoms in total. The zero-order chi connectivity index (χ0) is 8.57. The van der Waals surface area contributed by atoms with Crippen LogP contribution in [0.3, 0.4) is 0 Å². The molecule has 0 aliphatic heterocycles. The molecule has 0 aromatic rings. The van der Waals surface area contributed by atoms with Gasteiger partial charge < -0.3 is 10.2 Å². The number of aliphatic hydroxyl groups is 1. The number of hydrogen-bond donors (Lipinski definition) is 2. The lowest BCUT2D eigenvalue weighted by Gasteiger charge is -1.89. The van der Waals surface area contributed by atoms with Crippen molar-refractivity contribution in [3.8, 4) is 0 Å². The van der Waals surface area contributed by atoms with Crippen molar-refractivity contribution in [2.24, 2.45) is 0 Å². The summed E-state index contributed by atoms with van der Waals surface area (Å²) in [5.74, 6) is -1.19. The molecule has 0 radical (unpaired) electrons. The second kappa shape index (κ2) is 7.91. The van der Waals surface area contributed by atoms with E-state index >= 15 is 0 Å². The van der Waals surface area contributed by atoms with Crippen LogP contribution in [0.5, 0.6) is 0 Å². The molecule has 0 spiro atoms. The molecular formula is C7H12O3. The third kappa shape index (κ3) is 15.8. The minimum absolute atomic E-state index is 1.19. The SMILES string of the molecule is C=CC=C.CC(O)C(=O)O. The second-order valence-electron chi connectivity index (χ2n) is 1.49. The van der Waals surface area contributed by atoms with Gasteiger partial charge >= 0.3 is 5.97 Å². The summed E-state index contributed by atoms with van der Waals surface area (Å²) in [6.45, 7) is 7.92. The highest BCUT2D eigenvalue weighted by Crippen LogP contribution is 1.73. The number of allylic oxidation sites excluding steroid dienone is 2. The summed E-state index contributed by atoms with van der Waals surface area (Å²) < 4.78 is 0. The third-order valence-electron chi connectivity index (χ3n) is 0.524. The Balaban J connectivity index is 0. The minimum Gasteiger partial charge on any atom is -0.479 e. The smallest absolute Gasteiger partial charge is 0.332 e. The lowest BCUT2D eigenvalue weighted by atomic mass is 10.4. The quantitative estimate of drug-likeness (QED) is 0.564. The summed E-state index contributed by atoms with van der Waals surface area (Å²) in [6.07, 6.45) is 2.05. The van der Waals surface area contributed by atoms with Gasteiger partial charge in [-0.1, -0.05) is 25.3 Å². The van der Waals surface area contributed by atoms with E-state index in [1.165, 1.54) is 6.92 Å². The third-order valence-corrected chi connectivity index (χ3v) is 0.524. The van der Waals surface area contributed by atoms with Gasteiger partial charge in [-0.05, 0) is 6.92 Å². The maximum atomic E-state index is 9.45. The Hall–Kier alpha value is -1.09. The Labute approximate surface area is 60.3 Å². The van der Waals surface area contributed by atoms with Crippen LogP contribution in [0.15, 0.2) is 25.3 Å². The molecule has 1 atom stereocenters. The predicted octanol–water partition coefficient (Wildman–Crippen LogP) is 0.810. The second-order valence-corrected chi connectivity index (χ2v) is 1.49. The Morgan fingerprint density at radius 2 is 1.70 bits per heavy atom. The summed E-state index contributed by atoms with van der Waals surface area (Å²) in [6, 6.07) is 0. The molecular weight excluding hydrogens is 132 g/mol. The molecule has 0 aromatic heterocycles. The molecule has 2 N–H and O–H groups in total. The molecule has 0 amide bonds. The Morgan fingerprint density at radius 1 is 1.50 bits per heavy atom. The van der Waals surface area contributed by atoms with Crippen LogP contribution in [0.25, 0.3) is 0 Å². The Kier molecular flexibility index (Phi) is 9.24. The molecule has 58 valence electrons. The first-order chi connectivity index (χ1) is 4.56. The number of aliphatic hydroxyl groups excluding tert-OH is 1. The molecule has 0 aliphatic carbocycles. The van der Waals surface area contributed by atoms with E-state index in [1.54, 1.807) is 12.2 Å². The van der Waals surface area contributed by atoms with Crippen molar-refractivity contribution in [1.29, 1.82) is 0 Å². The molecule has 3 heteroatoms. The summed E-state index contributed by atoms with van der Waals surface area (Å²) in [5.41, 5.74) is 0. The Morgan fingerprint density at radius 3 is 1.70 bits per heavy atom. The fourth-order valence-electron chi connectivity index (χ4n) is 0. The van der Waals surface area contributed by atoms with Crippen molar-refractivity contribution in [3.63, 3.8) is 0 Å². The molecule has 0 bridgehead atoms. The van der Waals surface area contributed by atoms with Crippen molar-refractivity contribution in [2.75, 3.05) is 0 Å². The van der Waals surface area contributed by atoms with E-state index in [9.17, 15) is 4.79 Å². The number of carboxylic acid groups (broad SMARTS) is 1. The van der Waals surface area contributed by atoms with Crippen molar-refractivity contribution >= 4 is 5.97 Å². The lowest BCUT2D eigenvalue weighted by molar-refractivity contribution is -0.145. The first kappa shape index (κ1) is 11.7. The van der Waals surface area contributed by atoms with E-state index in [0.717, 1.165) is 0 Å². The molecule has 0 saturated carbocycles. The van der Waals surface area contributed by atoms with E-state index in [-0.39, 0.29) is 0 Å². The summed E-state index contributed by atoms with van der Waals surface area (Å²) in [7, 11) is 0. The molecule has 10 heavy (non-hydrogen) atoms.